The van der Waals surface area contributed by atoms with Crippen molar-refractivity contribution in [2.75, 3.05) is 19.8 Å². The number of benzene rings is 1. The zero-order chi connectivity index (χ0) is 17.8. The maximum atomic E-state index is 14.1. The molecule has 0 aliphatic heterocycles. The summed E-state index contributed by atoms with van der Waals surface area (Å²) in [5.41, 5.74) is 2.31. The van der Waals surface area contributed by atoms with Gasteiger partial charge < -0.3 is 15.2 Å². The summed E-state index contributed by atoms with van der Waals surface area (Å²) in [6.45, 7) is -0.144. The summed E-state index contributed by atoms with van der Waals surface area (Å²) >= 11 is 0. The van der Waals surface area contributed by atoms with Gasteiger partial charge >= 0.3 is 5.97 Å². The lowest BCUT2D eigenvalue weighted by molar-refractivity contribution is -0.142. The van der Waals surface area contributed by atoms with Gasteiger partial charge in [0.25, 0.3) is 5.91 Å². The Bertz CT molecular complexity index is 803. The fraction of sp³-hybridized carbons (Fsp3) is 0.353. The fourth-order valence-corrected chi connectivity index (χ4v) is 2.92. The quantitative estimate of drug-likeness (QED) is 0.737. The molecule has 0 saturated heterocycles. The van der Waals surface area contributed by atoms with Crippen LogP contribution >= 0.6 is 0 Å². The Kier molecular flexibility index (Phi) is 5.08. The maximum absolute atomic E-state index is 14.1. The molecule has 132 valence electrons. The van der Waals surface area contributed by atoms with Gasteiger partial charge in [0.1, 0.15) is 18.1 Å². The molecule has 7 nitrogen and oxygen atoms in total. The molecular weight excluding hydrogens is 329 g/mol. The van der Waals surface area contributed by atoms with Gasteiger partial charge in [0.2, 0.25) is 0 Å². The monoisotopic (exact) mass is 347 g/mol. The van der Waals surface area contributed by atoms with Crippen LogP contribution in [0.2, 0.25) is 0 Å². The van der Waals surface area contributed by atoms with Gasteiger partial charge in [0.05, 0.1) is 6.61 Å². The third-order valence-electron chi connectivity index (χ3n) is 3.98. The number of para-hydroxylation sites is 1. The van der Waals surface area contributed by atoms with Crippen LogP contribution in [-0.2, 0) is 22.4 Å². The van der Waals surface area contributed by atoms with Crippen LogP contribution in [0.3, 0.4) is 0 Å². The summed E-state index contributed by atoms with van der Waals surface area (Å²) < 4.78 is 20.5. The summed E-state index contributed by atoms with van der Waals surface area (Å²) in [5.74, 6) is -1.83. The van der Waals surface area contributed by atoms with Crippen LogP contribution in [0.4, 0.5) is 4.39 Å². The first-order valence-corrected chi connectivity index (χ1v) is 8.01. The van der Waals surface area contributed by atoms with Crippen LogP contribution in [0, 0.1) is 5.82 Å². The summed E-state index contributed by atoms with van der Waals surface area (Å²) in [6, 6.07) is 6.31. The van der Waals surface area contributed by atoms with Crippen molar-refractivity contribution in [2.45, 2.75) is 19.3 Å². The third kappa shape index (κ3) is 3.69. The normalized spacial score (nSPS) is 12.8. The van der Waals surface area contributed by atoms with Gasteiger partial charge in [-0.05, 0) is 31.4 Å². The second-order valence-electron chi connectivity index (χ2n) is 5.69. The van der Waals surface area contributed by atoms with Gasteiger partial charge in [-0.3, -0.25) is 4.79 Å². The second-order valence-corrected chi connectivity index (χ2v) is 5.69. The summed E-state index contributed by atoms with van der Waals surface area (Å²) in [6.07, 6.45) is 2.36. The highest BCUT2D eigenvalue weighted by Gasteiger charge is 2.27. The SMILES string of the molecule is O=C(O)COCCNC(=O)c1nn(-c2ccccc2F)c2c1CCC2. The molecule has 2 aromatic rings. The van der Waals surface area contributed by atoms with Crippen LogP contribution in [0.15, 0.2) is 24.3 Å². The van der Waals surface area contributed by atoms with Crippen molar-refractivity contribution < 1.29 is 23.8 Å². The zero-order valence-corrected chi connectivity index (χ0v) is 13.5. The number of aromatic nitrogens is 2. The highest BCUT2D eigenvalue weighted by Crippen LogP contribution is 2.28. The molecule has 0 saturated carbocycles. The lowest BCUT2D eigenvalue weighted by atomic mass is 10.2. The van der Waals surface area contributed by atoms with E-state index in [2.05, 4.69) is 10.4 Å². The molecule has 0 radical (unpaired) electrons. The number of amides is 1. The Morgan fingerprint density at radius 2 is 2.12 bits per heavy atom. The van der Waals surface area contributed by atoms with Crippen molar-refractivity contribution in [3.05, 3.63) is 47.0 Å². The van der Waals surface area contributed by atoms with Gasteiger partial charge in [-0.15, -0.1) is 0 Å². The average molecular weight is 347 g/mol. The molecule has 0 atom stereocenters. The standard InChI is InChI=1S/C17H18FN3O4/c18-12-5-1-2-6-14(12)21-13-7-3-4-11(13)16(20-21)17(24)19-8-9-25-10-15(22)23/h1-2,5-6H,3-4,7-10H2,(H,19,24)(H,22,23). The van der Waals surface area contributed by atoms with Gasteiger partial charge in [-0.1, -0.05) is 12.1 Å². The highest BCUT2D eigenvalue weighted by atomic mass is 19.1. The number of rotatable bonds is 7. The van der Waals surface area contributed by atoms with Crippen LogP contribution in [-0.4, -0.2) is 46.5 Å². The van der Waals surface area contributed by atoms with Gasteiger partial charge in [-0.2, -0.15) is 5.10 Å². The number of hydrogen-bond donors (Lipinski definition) is 2. The van der Waals surface area contributed by atoms with Crippen molar-refractivity contribution in [1.82, 2.24) is 15.1 Å². The van der Waals surface area contributed by atoms with Crippen molar-refractivity contribution in [2.24, 2.45) is 0 Å². The first-order valence-electron chi connectivity index (χ1n) is 8.01. The Morgan fingerprint density at radius 1 is 1.32 bits per heavy atom. The summed E-state index contributed by atoms with van der Waals surface area (Å²) in [5, 5.41) is 15.5. The Labute approximate surface area is 143 Å². The van der Waals surface area contributed by atoms with E-state index in [4.69, 9.17) is 9.84 Å². The number of carboxylic acid groups (broad SMARTS) is 1. The molecule has 0 fully saturated rings. The predicted molar refractivity (Wildman–Crippen MR) is 86.3 cm³/mol. The Balaban J connectivity index is 1.75. The van der Waals surface area contributed by atoms with Crippen molar-refractivity contribution in [3.8, 4) is 5.69 Å². The molecule has 1 amide bonds. The van der Waals surface area contributed by atoms with Gasteiger partial charge in [0.15, 0.2) is 5.69 Å². The van der Waals surface area contributed by atoms with Crippen LogP contribution in [0.1, 0.15) is 28.2 Å². The van der Waals surface area contributed by atoms with Crippen LogP contribution < -0.4 is 5.32 Å². The molecule has 1 aromatic carbocycles. The van der Waals surface area contributed by atoms with E-state index in [-0.39, 0.29) is 24.8 Å². The van der Waals surface area contributed by atoms with E-state index in [9.17, 15) is 14.0 Å². The summed E-state index contributed by atoms with van der Waals surface area (Å²) in [7, 11) is 0. The molecule has 2 N–H and O–H groups in total. The molecule has 1 aromatic heterocycles. The first kappa shape index (κ1) is 17.1. The van der Waals surface area contributed by atoms with E-state index in [1.165, 1.54) is 10.7 Å². The molecule has 0 bridgehead atoms. The minimum absolute atomic E-state index is 0.0915. The van der Waals surface area contributed by atoms with Crippen LogP contribution in [0.5, 0.6) is 0 Å². The largest absolute Gasteiger partial charge is 0.480 e. The molecule has 3 rings (SSSR count). The lowest BCUT2D eigenvalue weighted by Gasteiger charge is -2.06. The number of halogens is 1. The summed E-state index contributed by atoms with van der Waals surface area (Å²) in [4.78, 5) is 22.7. The molecule has 25 heavy (non-hydrogen) atoms. The number of carbonyl (C=O) groups excluding carboxylic acids is 1. The molecule has 1 aliphatic carbocycles. The van der Waals surface area contributed by atoms with Gasteiger partial charge in [-0.25, -0.2) is 13.9 Å². The Morgan fingerprint density at radius 3 is 2.88 bits per heavy atom. The van der Waals surface area contributed by atoms with Crippen molar-refractivity contribution in [1.29, 1.82) is 0 Å². The predicted octanol–water partition coefficient (Wildman–Crippen LogP) is 1.33. The van der Waals surface area contributed by atoms with Gasteiger partial charge in [0, 0.05) is 17.8 Å². The molecule has 1 aliphatic rings. The zero-order valence-electron chi connectivity index (χ0n) is 13.5. The van der Waals surface area contributed by atoms with E-state index in [0.29, 0.717) is 5.69 Å². The number of nitrogens with one attached hydrogen (secondary N) is 1. The van der Waals surface area contributed by atoms with E-state index >= 15 is 0 Å². The number of nitrogens with zero attached hydrogens (tertiary/aromatic N) is 2. The van der Waals surface area contributed by atoms with E-state index in [0.717, 1.165) is 30.5 Å². The van der Waals surface area contributed by atoms with E-state index < -0.39 is 18.4 Å². The van der Waals surface area contributed by atoms with E-state index in [1.807, 2.05) is 0 Å². The molecule has 0 spiro atoms. The topological polar surface area (TPSA) is 93.4 Å². The number of aliphatic carboxylic acids is 1. The number of ether oxygens (including phenoxy) is 1. The molecule has 1 heterocycles. The highest BCUT2D eigenvalue weighted by molar-refractivity contribution is 5.94. The maximum Gasteiger partial charge on any atom is 0.329 e. The third-order valence-corrected chi connectivity index (χ3v) is 3.98. The molecular formula is C17H18FN3O4. The van der Waals surface area contributed by atoms with E-state index in [1.54, 1.807) is 18.2 Å². The van der Waals surface area contributed by atoms with Crippen LogP contribution in [0.25, 0.3) is 5.69 Å². The first-order chi connectivity index (χ1) is 12.1. The number of fused-ring (bicyclic) bond motifs is 1. The Hall–Kier alpha value is -2.74. The molecule has 0 unspecified atom stereocenters. The lowest BCUT2D eigenvalue weighted by Crippen LogP contribution is -2.29. The fourth-order valence-electron chi connectivity index (χ4n) is 2.92. The number of hydrogen-bond acceptors (Lipinski definition) is 4. The van der Waals surface area contributed by atoms with Crippen molar-refractivity contribution >= 4 is 11.9 Å². The smallest absolute Gasteiger partial charge is 0.329 e. The number of carboxylic acids is 1. The minimum Gasteiger partial charge on any atom is -0.480 e. The average Bonchev–Trinajstić information content (AvgIpc) is 3.17. The second kappa shape index (κ2) is 7.43. The van der Waals surface area contributed by atoms with Crippen molar-refractivity contribution in [3.63, 3.8) is 0 Å². The minimum atomic E-state index is -1.06. The molecule has 8 heteroatoms. The number of carbonyl (C=O) groups is 2.